The zero-order chi connectivity index (χ0) is 14.0. The molecular weight excluding hydrogens is 375 g/mol. The van der Waals surface area contributed by atoms with E-state index < -0.39 is 11.7 Å². The highest BCUT2D eigenvalue weighted by atomic mass is 127. The third kappa shape index (κ3) is 4.32. The Morgan fingerprint density at radius 3 is 2.95 bits per heavy atom. The molecule has 0 aromatic carbocycles. The number of nitrogens with one attached hydrogen (secondary N) is 2. The highest BCUT2D eigenvalue weighted by Gasteiger charge is 2.23. The fourth-order valence-electron chi connectivity index (χ4n) is 2.12. The molecule has 2 rings (SSSR count). The molecule has 1 aromatic rings. The van der Waals surface area contributed by atoms with Gasteiger partial charge in [-0.2, -0.15) is 0 Å². The van der Waals surface area contributed by atoms with Gasteiger partial charge in [0, 0.05) is 4.88 Å². The summed E-state index contributed by atoms with van der Waals surface area (Å²) in [4.78, 5) is 13.1. The summed E-state index contributed by atoms with van der Waals surface area (Å²) in [5.41, 5.74) is 6.59. The van der Waals surface area contributed by atoms with Crippen molar-refractivity contribution >= 4 is 40.0 Å². The Labute approximate surface area is 131 Å². The van der Waals surface area contributed by atoms with Crippen molar-refractivity contribution in [1.29, 1.82) is 0 Å². The summed E-state index contributed by atoms with van der Waals surface area (Å²) in [7, 11) is 0. The van der Waals surface area contributed by atoms with Gasteiger partial charge in [0.15, 0.2) is 0 Å². The number of rotatable bonds is 2. The van der Waals surface area contributed by atoms with Crippen LogP contribution in [0, 0.1) is 2.88 Å². The van der Waals surface area contributed by atoms with Gasteiger partial charge in [-0.25, -0.2) is 10.2 Å². The standard InChI is InChI=1S/C13H19IN2O2S/c1-13(2,3)18-12(17)16-15-9-5-4-6-10-8(9)7-11(14)19-10/h7,9,15H,4-6H2,1-3H3,(H,16,17). The van der Waals surface area contributed by atoms with E-state index in [1.54, 1.807) is 0 Å². The predicted octanol–water partition coefficient (Wildman–Crippen LogP) is 3.76. The van der Waals surface area contributed by atoms with Crippen LogP contribution in [0.15, 0.2) is 6.07 Å². The second-order valence-corrected chi connectivity index (χ2v) is 8.68. The molecule has 0 saturated heterocycles. The van der Waals surface area contributed by atoms with Crippen LogP contribution in [0.1, 0.15) is 50.1 Å². The molecular formula is C13H19IN2O2S. The molecule has 0 spiro atoms. The summed E-state index contributed by atoms with van der Waals surface area (Å²) in [6.07, 6.45) is 2.91. The minimum atomic E-state index is -0.471. The SMILES string of the molecule is CC(C)(C)OC(=O)NNC1CCCc2sc(I)cc21. The molecule has 106 valence electrons. The van der Waals surface area contributed by atoms with Gasteiger partial charge in [-0.3, -0.25) is 5.43 Å². The van der Waals surface area contributed by atoms with Crippen molar-refractivity contribution in [2.75, 3.05) is 0 Å². The molecule has 1 unspecified atom stereocenters. The van der Waals surface area contributed by atoms with Gasteiger partial charge >= 0.3 is 6.09 Å². The Hall–Kier alpha value is -0.340. The topological polar surface area (TPSA) is 50.4 Å². The second-order valence-electron chi connectivity index (χ2n) is 5.65. The number of hydrogen-bond donors (Lipinski definition) is 2. The Bertz CT molecular complexity index is 468. The quantitative estimate of drug-likeness (QED) is 0.593. The first-order valence-electron chi connectivity index (χ1n) is 6.38. The van der Waals surface area contributed by atoms with Gasteiger partial charge in [0.2, 0.25) is 0 Å². The second kappa shape index (κ2) is 5.97. The maximum atomic E-state index is 11.6. The van der Waals surface area contributed by atoms with E-state index in [4.69, 9.17) is 4.74 Å². The molecule has 4 nitrogen and oxygen atoms in total. The molecule has 1 aliphatic rings. The normalized spacial score (nSPS) is 18.8. The van der Waals surface area contributed by atoms with Crippen molar-refractivity contribution in [1.82, 2.24) is 10.9 Å². The van der Waals surface area contributed by atoms with Gasteiger partial charge < -0.3 is 4.74 Å². The molecule has 19 heavy (non-hydrogen) atoms. The van der Waals surface area contributed by atoms with Crippen molar-refractivity contribution in [3.63, 3.8) is 0 Å². The smallest absolute Gasteiger partial charge is 0.422 e. The molecule has 6 heteroatoms. The lowest BCUT2D eigenvalue weighted by Crippen LogP contribution is -2.43. The van der Waals surface area contributed by atoms with Gasteiger partial charge in [0.05, 0.1) is 8.93 Å². The number of thiophene rings is 1. The fourth-order valence-corrected chi connectivity index (χ4v) is 4.24. The molecule has 1 amide bonds. The molecule has 0 fully saturated rings. The average molecular weight is 394 g/mol. The van der Waals surface area contributed by atoms with E-state index >= 15 is 0 Å². The van der Waals surface area contributed by atoms with E-state index in [1.807, 2.05) is 32.1 Å². The number of fused-ring (bicyclic) bond motifs is 1. The van der Waals surface area contributed by atoms with Gasteiger partial charge in [-0.15, -0.1) is 11.3 Å². The fraction of sp³-hybridized carbons (Fsp3) is 0.615. The van der Waals surface area contributed by atoms with E-state index in [-0.39, 0.29) is 6.04 Å². The van der Waals surface area contributed by atoms with Crippen LogP contribution in [0.3, 0.4) is 0 Å². The first-order chi connectivity index (χ1) is 8.85. The highest BCUT2D eigenvalue weighted by Crippen LogP contribution is 2.35. The lowest BCUT2D eigenvalue weighted by atomic mass is 9.95. The van der Waals surface area contributed by atoms with Crippen LogP contribution >= 0.6 is 33.9 Å². The zero-order valence-corrected chi connectivity index (χ0v) is 14.4. The maximum Gasteiger partial charge on any atom is 0.422 e. The van der Waals surface area contributed by atoms with E-state index in [2.05, 4.69) is 39.5 Å². The lowest BCUT2D eigenvalue weighted by molar-refractivity contribution is 0.0485. The van der Waals surface area contributed by atoms with Crippen LogP contribution in [-0.4, -0.2) is 11.7 Å². The van der Waals surface area contributed by atoms with Crippen molar-refractivity contribution in [2.45, 2.75) is 51.7 Å². The van der Waals surface area contributed by atoms with Crippen LogP contribution in [-0.2, 0) is 11.2 Å². The zero-order valence-electron chi connectivity index (χ0n) is 11.4. The minimum absolute atomic E-state index is 0.191. The first kappa shape index (κ1) is 15.1. The number of hydrazine groups is 1. The molecule has 0 aliphatic heterocycles. The van der Waals surface area contributed by atoms with Gasteiger partial charge in [-0.1, -0.05) is 0 Å². The van der Waals surface area contributed by atoms with Crippen molar-refractivity contribution < 1.29 is 9.53 Å². The molecule has 2 N–H and O–H groups in total. The molecule has 1 heterocycles. The summed E-state index contributed by atoms with van der Waals surface area (Å²) >= 11 is 4.19. The number of hydrogen-bond acceptors (Lipinski definition) is 4. The first-order valence-corrected chi connectivity index (χ1v) is 8.27. The van der Waals surface area contributed by atoms with Crippen LogP contribution in [0.4, 0.5) is 4.79 Å². The van der Waals surface area contributed by atoms with E-state index in [0.717, 1.165) is 19.3 Å². The maximum absolute atomic E-state index is 11.6. The van der Waals surface area contributed by atoms with Crippen molar-refractivity contribution in [3.8, 4) is 0 Å². The Kier molecular flexibility index (Phi) is 4.73. The van der Waals surface area contributed by atoms with Crippen LogP contribution < -0.4 is 10.9 Å². The molecule has 1 aromatic heterocycles. The monoisotopic (exact) mass is 394 g/mol. The number of amides is 1. The highest BCUT2D eigenvalue weighted by molar-refractivity contribution is 14.1. The molecule has 0 bridgehead atoms. The van der Waals surface area contributed by atoms with Crippen molar-refractivity contribution in [3.05, 3.63) is 19.4 Å². The molecule has 0 saturated carbocycles. The van der Waals surface area contributed by atoms with E-state index in [9.17, 15) is 4.79 Å². The Morgan fingerprint density at radius 1 is 1.53 bits per heavy atom. The molecule has 0 radical (unpaired) electrons. The average Bonchev–Trinajstić information content (AvgIpc) is 2.64. The van der Waals surface area contributed by atoms with Crippen molar-refractivity contribution in [2.24, 2.45) is 0 Å². The number of carbonyl (C=O) groups excluding carboxylic acids is 1. The number of halogens is 1. The minimum Gasteiger partial charge on any atom is -0.443 e. The van der Waals surface area contributed by atoms with Gasteiger partial charge in [-0.05, 0) is 74.3 Å². The Balaban J connectivity index is 1.92. The summed E-state index contributed by atoms with van der Waals surface area (Å²) < 4.78 is 6.51. The number of aryl methyl sites for hydroxylation is 1. The predicted molar refractivity (Wildman–Crippen MR) is 85.2 cm³/mol. The van der Waals surface area contributed by atoms with Crippen LogP contribution in [0.2, 0.25) is 0 Å². The van der Waals surface area contributed by atoms with Gasteiger partial charge in [0.25, 0.3) is 0 Å². The summed E-state index contributed by atoms with van der Waals surface area (Å²) in [5, 5.41) is 0. The molecule has 1 aliphatic carbocycles. The Morgan fingerprint density at radius 2 is 2.26 bits per heavy atom. The largest absolute Gasteiger partial charge is 0.443 e. The third-order valence-corrected chi connectivity index (χ3v) is 4.80. The van der Waals surface area contributed by atoms with Crippen LogP contribution in [0.25, 0.3) is 0 Å². The third-order valence-electron chi connectivity index (χ3n) is 2.83. The number of ether oxygens (including phenoxy) is 1. The summed E-state index contributed by atoms with van der Waals surface area (Å²) in [6, 6.07) is 2.39. The van der Waals surface area contributed by atoms with E-state index in [1.165, 1.54) is 13.3 Å². The molecule has 1 atom stereocenters. The number of carbonyl (C=O) groups is 1. The van der Waals surface area contributed by atoms with Crippen LogP contribution in [0.5, 0.6) is 0 Å². The lowest BCUT2D eigenvalue weighted by Gasteiger charge is -2.25. The van der Waals surface area contributed by atoms with Gasteiger partial charge in [0.1, 0.15) is 5.60 Å². The van der Waals surface area contributed by atoms with E-state index in [0.29, 0.717) is 0 Å². The summed E-state index contributed by atoms with van der Waals surface area (Å²) in [5.74, 6) is 0. The summed E-state index contributed by atoms with van der Waals surface area (Å²) in [6.45, 7) is 5.56.